The lowest BCUT2D eigenvalue weighted by Gasteiger charge is -2.20. The summed E-state index contributed by atoms with van der Waals surface area (Å²) < 4.78 is 38.8. The number of hydrogen-bond donors (Lipinski definition) is 2. The number of rotatable bonds is 4. The van der Waals surface area contributed by atoms with Gasteiger partial charge >= 0.3 is 6.18 Å². The normalized spacial score (nSPS) is 13.4. The second kappa shape index (κ2) is 7.88. The van der Waals surface area contributed by atoms with Crippen LogP contribution in [0.3, 0.4) is 0 Å². The SMILES string of the molecule is Cc1n[nH]c2ncc(CN3CCc4ccc(C(=O)Nc5cncc(C(F)(F)F)c5)cc43)cc12. The Hall–Kier alpha value is -3.95. The summed E-state index contributed by atoms with van der Waals surface area (Å²) in [5.74, 6) is -0.497. The van der Waals surface area contributed by atoms with E-state index in [2.05, 4.69) is 36.4 Å². The molecule has 0 saturated carbocycles. The Morgan fingerprint density at radius 1 is 1.18 bits per heavy atom. The third kappa shape index (κ3) is 4.11. The Morgan fingerprint density at radius 2 is 2.03 bits per heavy atom. The minimum atomic E-state index is -4.53. The Morgan fingerprint density at radius 3 is 2.85 bits per heavy atom. The molecule has 1 amide bonds. The zero-order valence-corrected chi connectivity index (χ0v) is 17.6. The van der Waals surface area contributed by atoms with E-state index in [9.17, 15) is 18.0 Å². The number of anilines is 2. The number of nitrogens with one attached hydrogen (secondary N) is 2. The van der Waals surface area contributed by atoms with E-state index in [0.29, 0.717) is 12.1 Å². The molecule has 0 radical (unpaired) electrons. The van der Waals surface area contributed by atoms with Gasteiger partial charge in [0.05, 0.1) is 23.1 Å². The molecule has 0 atom stereocenters. The summed E-state index contributed by atoms with van der Waals surface area (Å²) in [7, 11) is 0. The van der Waals surface area contributed by atoms with Gasteiger partial charge in [-0.3, -0.25) is 14.9 Å². The van der Waals surface area contributed by atoms with E-state index >= 15 is 0 Å². The highest BCUT2D eigenvalue weighted by Gasteiger charge is 2.31. The number of pyridine rings is 2. The largest absolute Gasteiger partial charge is 0.417 e. The maximum absolute atomic E-state index is 12.9. The highest BCUT2D eigenvalue weighted by Crippen LogP contribution is 2.32. The van der Waals surface area contributed by atoms with Crippen LogP contribution < -0.4 is 10.2 Å². The number of hydrogen-bond acceptors (Lipinski definition) is 5. The van der Waals surface area contributed by atoms with Crippen molar-refractivity contribution in [1.82, 2.24) is 20.2 Å². The van der Waals surface area contributed by atoms with Crippen LogP contribution in [0.4, 0.5) is 24.5 Å². The lowest BCUT2D eigenvalue weighted by Crippen LogP contribution is -2.20. The maximum Gasteiger partial charge on any atom is 0.417 e. The van der Waals surface area contributed by atoms with Crippen molar-refractivity contribution in [1.29, 1.82) is 0 Å². The zero-order chi connectivity index (χ0) is 23.2. The van der Waals surface area contributed by atoms with Gasteiger partial charge in [-0.2, -0.15) is 18.3 Å². The molecular formula is C23H19F3N6O. The molecule has 2 N–H and O–H groups in total. The number of aromatic amines is 1. The summed E-state index contributed by atoms with van der Waals surface area (Å²) in [6.07, 6.45) is 0.0208. The summed E-state index contributed by atoms with van der Waals surface area (Å²) in [5.41, 5.74) is 4.10. The third-order valence-corrected chi connectivity index (χ3v) is 5.70. The molecule has 0 bridgehead atoms. The van der Waals surface area contributed by atoms with Gasteiger partial charge in [-0.1, -0.05) is 6.07 Å². The van der Waals surface area contributed by atoms with Gasteiger partial charge in [0.25, 0.3) is 5.91 Å². The molecule has 5 rings (SSSR count). The molecule has 0 unspecified atom stereocenters. The number of amides is 1. The Kier molecular flexibility index (Phi) is 4.99. The van der Waals surface area contributed by atoms with Crippen LogP contribution in [0.1, 0.15) is 32.7 Å². The first-order valence-electron chi connectivity index (χ1n) is 10.3. The number of halogens is 3. The van der Waals surface area contributed by atoms with Crippen molar-refractivity contribution < 1.29 is 18.0 Å². The molecule has 4 heterocycles. The molecule has 7 nitrogen and oxygen atoms in total. The van der Waals surface area contributed by atoms with E-state index in [-0.39, 0.29) is 5.69 Å². The van der Waals surface area contributed by atoms with Gasteiger partial charge in [0, 0.05) is 42.1 Å². The minimum Gasteiger partial charge on any atom is -0.367 e. The number of carbonyl (C=O) groups excluding carboxylic acids is 1. The Labute approximate surface area is 186 Å². The van der Waals surface area contributed by atoms with Crippen LogP contribution in [-0.4, -0.2) is 32.6 Å². The van der Waals surface area contributed by atoms with E-state index in [1.54, 1.807) is 18.3 Å². The molecule has 1 aliphatic heterocycles. The second-order valence-electron chi connectivity index (χ2n) is 7.98. The first kappa shape index (κ1) is 20.9. The smallest absolute Gasteiger partial charge is 0.367 e. The summed E-state index contributed by atoms with van der Waals surface area (Å²) in [5, 5.41) is 10.5. The van der Waals surface area contributed by atoms with Crippen LogP contribution in [0.2, 0.25) is 0 Å². The number of aryl methyl sites for hydroxylation is 1. The molecule has 10 heteroatoms. The standard InChI is InChI=1S/C23H19F3N6O/c1-13-19-6-14(9-28-21(19)31-30-13)12-32-5-4-15-2-3-16(7-20(15)32)22(33)29-18-8-17(10-27-11-18)23(24,25)26/h2-3,6-11H,4-5,12H2,1H3,(H,29,33)(H,28,30,31). The molecule has 1 aromatic carbocycles. The van der Waals surface area contributed by atoms with Crippen LogP contribution in [-0.2, 0) is 19.1 Å². The van der Waals surface area contributed by atoms with Crippen molar-refractivity contribution in [2.45, 2.75) is 26.1 Å². The zero-order valence-electron chi connectivity index (χ0n) is 17.6. The van der Waals surface area contributed by atoms with Crippen molar-refractivity contribution in [3.8, 4) is 0 Å². The average molecular weight is 452 g/mol. The minimum absolute atomic E-state index is 0.0120. The molecule has 0 aliphatic carbocycles. The van der Waals surface area contributed by atoms with Crippen molar-refractivity contribution in [2.75, 3.05) is 16.8 Å². The van der Waals surface area contributed by atoms with E-state index in [1.807, 2.05) is 13.0 Å². The molecule has 168 valence electrons. The Balaban J connectivity index is 1.36. The van der Waals surface area contributed by atoms with Crippen LogP contribution in [0.15, 0.2) is 48.9 Å². The fraction of sp³-hybridized carbons (Fsp3) is 0.217. The van der Waals surface area contributed by atoms with Gasteiger partial charge in [0.2, 0.25) is 0 Å². The number of benzene rings is 1. The molecule has 3 aromatic heterocycles. The van der Waals surface area contributed by atoms with Gasteiger partial charge in [-0.15, -0.1) is 0 Å². The molecule has 0 fully saturated rings. The van der Waals surface area contributed by atoms with Crippen LogP contribution in [0.5, 0.6) is 0 Å². The maximum atomic E-state index is 12.9. The molecule has 4 aromatic rings. The predicted octanol–water partition coefficient (Wildman–Crippen LogP) is 4.50. The van der Waals surface area contributed by atoms with Gasteiger partial charge in [0.15, 0.2) is 5.65 Å². The van der Waals surface area contributed by atoms with E-state index < -0.39 is 17.6 Å². The number of carbonyl (C=O) groups is 1. The average Bonchev–Trinajstić information content (AvgIpc) is 3.36. The van der Waals surface area contributed by atoms with Gasteiger partial charge in [0.1, 0.15) is 0 Å². The molecule has 0 spiro atoms. The van der Waals surface area contributed by atoms with E-state index in [4.69, 9.17) is 0 Å². The highest BCUT2D eigenvalue weighted by atomic mass is 19.4. The summed E-state index contributed by atoms with van der Waals surface area (Å²) in [6.45, 7) is 3.32. The predicted molar refractivity (Wildman–Crippen MR) is 117 cm³/mol. The van der Waals surface area contributed by atoms with Crippen molar-refractivity contribution >= 4 is 28.3 Å². The first-order chi connectivity index (χ1) is 15.8. The van der Waals surface area contributed by atoms with Gasteiger partial charge in [-0.05, 0) is 48.7 Å². The molecular weight excluding hydrogens is 433 g/mol. The molecule has 0 saturated heterocycles. The van der Waals surface area contributed by atoms with Crippen molar-refractivity contribution in [3.05, 3.63) is 76.9 Å². The van der Waals surface area contributed by atoms with Crippen LogP contribution in [0.25, 0.3) is 11.0 Å². The summed E-state index contributed by atoms with van der Waals surface area (Å²) in [6, 6.07) is 8.26. The molecule has 1 aliphatic rings. The fourth-order valence-electron chi connectivity index (χ4n) is 3.99. The number of fused-ring (bicyclic) bond motifs is 2. The monoisotopic (exact) mass is 452 g/mol. The third-order valence-electron chi connectivity index (χ3n) is 5.70. The fourth-order valence-corrected chi connectivity index (χ4v) is 3.99. The highest BCUT2D eigenvalue weighted by molar-refractivity contribution is 6.05. The van der Waals surface area contributed by atoms with Gasteiger partial charge < -0.3 is 10.2 Å². The number of H-pyrrole nitrogens is 1. The Bertz CT molecular complexity index is 1360. The second-order valence-corrected chi connectivity index (χ2v) is 7.98. The van der Waals surface area contributed by atoms with E-state index in [0.717, 1.165) is 58.8 Å². The first-order valence-corrected chi connectivity index (χ1v) is 10.3. The van der Waals surface area contributed by atoms with Gasteiger partial charge in [-0.25, -0.2) is 4.98 Å². The van der Waals surface area contributed by atoms with Crippen molar-refractivity contribution in [3.63, 3.8) is 0 Å². The quantitative estimate of drug-likeness (QED) is 0.476. The van der Waals surface area contributed by atoms with Crippen molar-refractivity contribution in [2.24, 2.45) is 0 Å². The number of aromatic nitrogens is 4. The number of alkyl halides is 3. The van der Waals surface area contributed by atoms with E-state index in [1.165, 1.54) is 6.20 Å². The van der Waals surface area contributed by atoms with Crippen LogP contribution >= 0.6 is 0 Å². The summed E-state index contributed by atoms with van der Waals surface area (Å²) >= 11 is 0. The lowest BCUT2D eigenvalue weighted by molar-refractivity contribution is -0.137. The number of nitrogens with zero attached hydrogens (tertiary/aromatic N) is 4. The topological polar surface area (TPSA) is 86.8 Å². The summed E-state index contributed by atoms with van der Waals surface area (Å²) in [4.78, 5) is 22.9. The van der Waals surface area contributed by atoms with Crippen LogP contribution in [0, 0.1) is 6.92 Å². The lowest BCUT2D eigenvalue weighted by atomic mass is 10.1. The molecule has 33 heavy (non-hydrogen) atoms.